The van der Waals surface area contributed by atoms with Crippen LogP contribution in [0, 0.1) is 0 Å². The summed E-state index contributed by atoms with van der Waals surface area (Å²) >= 11 is 5.68. The van der Waals surface area contributed by atoms with Crippen LogP contribution < -0.4 is 5.32 Å². The number of amides is 1. The molecule has 1 amide bonds. The van der Waals surface area contributed by atoms with Crippen LogP contribution in [-0.2, 0) is 6.18 Å². The Morgan fingerprint density at radius 3 is 2.48 bits per heavy atom. The molecule has 110 valence electrons. The van der Waals surface area contributed by atoms with E-state index in [1.54, 1.807) is 0 Å². The summed E-state index contributed by atoms with van der Waals surface area (Å²) in [5.41, 5.74) is -0.818. The van der Waals surface area contributed by atoms with Gasteiger partial charge >= 0.3 is 6.18 Å². The fraction of sp³-hybridized carbons (Fsp3) is 0.0769. The van der Waals surface area contributed by atoms with Gasteiger partial charge in [0.1, 0.15) is 11.4 Å². The van der Waals surface area contributed by atoms with Gasteiger partial charge in [0.2, 0.25) is 0 Å². The third-order valence-electron chi connectivity index (χ3n) is 2.52. The number of hydrogen-bond donors (Lipinski definition) is 2. The summed E-state index contributed by atoms with van der Waals surface area (Å²) in [6, 6.07) is 5.73. The number of phenolic OH excluding ortho intramolecular Hbond substituents is 1. The number of carbonyl (C=O) groups is 1. The number of rotatable bonds is 2. The molecule has 1 aromatic carbocycles. The van der Waals surface area contributed by atoms with Gasteiger partial charge in [-0.25, -0.2) is 0 Å². The molecule has 2 aromatic rings. The molecule has 21 heavy (non-hydrogen) atoms. The zero-order chi connectivity index (χ0) is 15.6. The molecule has 0 unspecified atom stereocenters. The van der Waals surface area contributed by atoms with Crippen LogP contribution in [0.1, 0.15) is 16.1 Å². The Bertz CT molecular complexity index is 672. The van der Waals surface area contributed by atoms with E-state index in [4.69, 9.17) is 11.6 Å². The van der Waals surface area contributed by atoms with Crippen molar-refractivity contribution in [2.75, 3.05) is 5.32 Å². The first-order valence-electron chi connectivity index (χ1n) is 5.60. The minimum Gasteiger partial charge on any atom is -0.506 e. The minimum absolute atomic E-state index is 0.0350. The summed E-state index contributed by atoms with van der Waals surface area (Å²) in [4.78, 5) is 15.0. The van der Waals surface area contributed by atoms with E-state index in [9.17, 15) is 23.1 Å². The summed E-state index contributed by atoms with van der Waals surface area (Å²) in [6.45, 7) is 0. The van der Waals surface area contributed by atoms with Crippen LogP contribution in [0.15, 0.2) is 36.5 Å². The third-order valence-corrected chi connectivity index (χ3v) is 2.82. The molecule has 0 spiro atoms. The fourth-order valence-electron chi connectivity index (χ4n) is 1.48. The van der Waals surface area contributed by atoms with Gasteiger partial charge in [0, 0.05) is 11.9 Å². The monoisotopic (exact) mass is 316 g/mol. The first kappa shape index (κ1) is 15.1. The molecule has 1 heterocycles. The Hall–Kier alpha value is -2.28. The van der Waals surface area contributed by atoms with Gasteiger partial charge in [-0.3, -0.25) is 9.78 Å². The number of aromatic nitrogens is 1. The molecular weight excluding hydrogens is 309 g/mol. The van der Waals surface area contributed by atoms with Crippen LogP contribution in [0.4, 0.5) is 18.9 Å². The van der Waals surface area contributed by atoms with Crippen molar-refractivity contribution in [1.82, 2.24) is 4.98 Å². The topological polar surface area (TPSA) is 62.2 Å². The Balaban J connectivity index is 2.15. The number of aromatic hydroxyl groups is 1. The first-order valence-corrected chi connectivity index (χ1v) is 5.98. The molecule has 0 aliphatic carbocycles. The van der Waals surface area contributed by atoms with E-state index < -0.39 is 17.8 Å². The van der Waals surface area contributed by atoms with Crippen LogP contribution in [0.3, 0.4) is 0 Å². The second-order valence-corrected chi connectivity index (χ2v) is 4.46. The normalized spacial score (nSPS) is 11.2. The zero-order valence-corrected chi connectivity index (χ0v) is 11.0. The fourth-order valence-corrected chi connectivity index (χ4v) is 1.66. The maximum atomic E-state index is 12.3. The summed E-state index contributed by atoms with van der Waals surface area (Å²) in [7, 11) is 0. The van der Waals surface area contributed by atoms with Crippen LogP contribution >= 0.6 is 11.6 Å². The highest BCUT2D eigenvalue weighted by Gasteiger charge is 2.32. The zero-order valence-electron chi connectivity index (χ0n) is 10.3. The number of carbonyl (C=O) groups excluding carboxylic acids is 1. The highest BCUT2D eigenvalue weighted by molar-refractivity contribution is 6.32. The van der Waals surface area contributed by atoms with Gasteiger partial charge in [-0.05, 0) is 30.3 Å². The molecule has 0 fully saturated rings. The molecule has 2 rings (SSSR count). The molecule has 0 radical (unpaired) electrons. The SMILES string of the molecule is O=C(Nc1ccc(O)c(Cl)c1)c1ccc(C(F)(F)F)nc1. The predicted octanol–water partition coefficient (Wildman–Crippen LogP) is 3.71. The number of halogens is 4. The lowest BCUT2D eigenvalue weighted by Crippen LogP contribution is -2.14. The number of benzene rings is 1. The van der Waals surface area contributed by atoms with Crippen molar-refractivity contribution in [2.45, 2.75) is 6.18 Å². The molecule has 0 aliphatic rings. The first-order chi connectivity index (χ1) is 9.77. The lowest BCUT2D eigenvalue weighted by molar-refractivity contribution is -0.141. The van der Waals surface area contributed by atoms with E-state index >= 15 is 0 Å². The molecular formula is C13H8ClF3N2O2. The Morgan fingerprint density at radius 1 is 1.24 bits per heavy atom. The summed E-state index contributed by atoms with van der Waals surface area (Å²) in [5, 5.41) is 11.7. The van der Waals surface area contributed by atoms with Gasteiger partial charge in [-0.2, -0.15) is 13.2 Å². The maximum Gasteiger partial charge on any atom is 0.433 e. The number of nitrogens with zero attached hydrogens (tertiary/aromatic N) is 1. The van der Waals surface area contributed by atoms with E-state index in [0.29, 0.717) is 5.69 Å². The lowest BCUT2D eigenvalue weighted by Gasteiger charge is -2.08. The number of anilines is 1. The number of nitrogens with one attached hydrogen (secondary N) is 1. The molecule has 0 aliphatic heterocycles. The molecule has 8 heteroatoms. The van der Waals surface area contributed by atoms with Gasteiger partial charge in [0.15, 0.2) is 0 Å². The highest BCUT2D eigenvalue weighted by atomic mass is 35.5. The van der Waals surface area contributed by atoms with Crippen molar-refractivity contribution in [1.29, 1.82) is 0 Å². The van der Waals surface area contributed by atoms with Crippen LogP contribution in [0.2, 0.25) is 5.02 Å². The molecule has 4 nitrogen and oxygen atoms in total. The van der Waals surface area contributed by atoms with Gasteiger partial charge in [-0.1, -0.05) is 11.6 Å². The highest BCUT2D eigenvalue weighted by Crippen LogP contribution is 2.28. The van der Waals surface area contributed by atoms with Crippen molar-refractivity contribution >= 4 is 23.2 Å². The van der Waals surface area contributed by atoms with Crippen molar-refractivity contribution in [3.05, 3.63) is 52.8 Å². The molecule has 0 saturated heterocycles. The molecule has 1 aromatic heterocycles. The standard InChI is InChI=1S/C13H8ClF3N2O2/c14-9-5-8(2-3-10(9)20)19-12(21)7-1-4-11(18-6-7)13(15,16)17/h1-6,20H,(H,19,21). The summed E-state index contributed by atoms with van der Waals surface area (Å²) < 4.78 is 37.0. The lowest BCUT2D eigenvalue weighted by atomic mass is 10.2. The molecule has 2 N–H and O–H groups in total. The van der Waals surface area contributed by atoms with Crippen LogP contribution in [0.5, 0.6) is 5.75 Å². The molecule has 0 bridgehead atoms. The average molecular weight is 317 g/mol. The Kier molecular flexibility index (Phi) is 4.04. The summed E-state index contributed by atoms with van der Waals surface area (Å²) in [6.07, 6.45) is -3.72. The predicted molar refractivity (Wildman–Crippen MR) is 70.3 cm³/mol. The van der Waals surface area contributed by atoms with E-state index in [1.165, 1.54) is 18.2 Å². The van der Waals surface area contributed by atoms with E-state index in [2.05, 4.69) is 10.3 Å². The van der Waals surface area contributed by atoms with Crippen LogP contribution in [-0.4, -0.2) is 16.0 Å². The average Bonchev–Trinajstić information content (AvgIpc) is 2.42. The third kappa shape index (κ3) is 3.63. The minimum atomic E-state index is -4.56. The number of alkyl halides is 3. The van der Waals surface area contributed by atoms with Gasteiger partial charge in [-0.15, -0.1) is 0 Å². The second kappa shape index (κ2) is 5.61. The van der Waals surface area contributed by atoms with Gasteiger partial charge in [0.05, 0.1) is 10.6 Å². The number of hydrogen-bond acceptors (Lipinski definition) is 3. The maximum absolute atomic E-state index is 12.3. The van der Waals surface area contributed by atoms with Crippen LogP contribution in [0.25, 0.3) is 0 Å². The van der Waals surface area contributed by atoms with E-state index in [-0.39, 0.29) is 16.3 Å². The summed E-state index contributed by atoms with van der Waals surface area (Å²) in [5.74, 6) is -0.788. The van der Waals surface area contributed by atoms with Gasteiger partial charge < -0.3 is 10.4 Å². The smallest absolute Gasteiger partial charge is 0.433 e. The van der Waals surface area contributed by atoms with E-state index in [0.717, 1.165) is 18.3 Å². The van der Waals surface area contributed by atoms with E-state index in [1.807, 2.05) is 0 Å². The Morgan fingerprint density at radius 2 is 1.95 bits per heavy atom. The second-order valence-electron chi connectivity index (χ2n) is 4.05. The van der Waals surface area contributed by atoms with Crippen molar-refractivity contribution in [3.8, 4) is 5.75 Å². The van der Waals surface area contributed by atoms with Crippen molar-refractivity contribution in [2.24, 2.45) is 0 Å². The van der Waals surface area contributed by atoms with Crippen molar-refractivity contribution < 1.29 is 23.1 Å². The number of pyridine rings is 1. The van der Waals surface area contributed by atoms with Crippen molar-refractivity contribution in [3.63, 3.8) is 0 Å². The quantitative estimate of drug-likeness (QED) is 0.830. The van der Waals surface area contributed by atoms with Gasteiger partial charge in [0.25, 0.3) is 5.91 Å². The molecule has 0 atom stereocenters. The molecule has 0 saturated carbocycles. The largest absolute Gasteiger partial charge is 0.506 e. The Labute approximate surface area is 122 Å². The number of phenols is 1.